The van der Waals surface area contributed by atoms with Crippen molar-refractivity contribution in [1.82, 2.24) is 9.88 Å². The molecule has 1 fully saturated rings. The molecule has 8 heteroatoms. The smallest absolute Gasteiger partial charge is 0.297 e. The molecule has 0 saturated carbocycles. The summed E-state index contributed by atoms with van der Waals surface area (Å²) in [6, 6.07) is 21.9. The number of thiophene rings is 1. The first-order valence-corrected chi connectivity index (χ1v) is 16.9. The molecule has 0 spiro atoms. The molecule has 6 nitrogen and oxygen atoms in total. The lowest BCUT2D eigenvalue weighted by Gasteiger charge is -2.39. The van der Waals surface area contributed by atoms with E-state index in [0.717, 1.165) is 41.5 Å². The first kappa shape index (κ1) is 28.9. The maximum absolute atomic E-state index is 13.4. The van der Waals surface area contributed by atoms with Gasteiger partial charge >= 0.3 is 0 Å². The number of nitrogens with one attached hydrogen (secondary N) is 1. The van der Waals surface area contributed by atoms with Gasteiger partial charge in [-0.3, -0.25) is 9.08 Å². The fraction of sp³-hybridized carbons (Fsp3) is 0.353. The number of hydrogen-bond acceptors (Lipinski definition) is 6. The number of piperidine rings is 1. The lowest BCUT2D eigenvalue weighted by molar-refractivity contribution is 0.0577. The van der Waals surface area contributed by atoms with Crippen LogP contribution in [0.25, 0.3) is 21.0 Å². The zero-order chi connectivity index (χ0) is 29.4. The van der Waals surface area contributed by atoms with Crippen molar-refractivity contribution in [3.05, 3.63) is 94.5 Å². The van der Waals surface area contributed by atoms with E-state index in [4.69, 9.17) is 8.92 Å². The summed E-state index contributed by atoms with van der Waals surface area (Å²) in [5, 5.41) is 4.55. The van der Waals surface area contributed by atoms with Crippen molar-refractivity contribution in [2.75, 3.05) is 19.7 Å². The van der Waals surface area contributed by atoms with E-state index in [1.165, 1.54) is 21.2 Å². The Morgan fingerprint density at radius 2 is 1.83 bits per heavy atom. The van der Waals surface area contributed by atoms with Gasteiger partial charge in [0.1, 0.15) is 18.5 Å². The fourth-order valence-electron chi connectivity index (χ4n) is 6.11. The molecule has 1 aliphatic rings. The number of benzene rings is 3. The molecule has 1 N–H and O–H groups in total. The second-order valence-electron chi connectivity index (χ2n) is 11.7. The van der Waals surface area contributed by atoms with Crippen LogP contribution in [0.2, 0.25) is 0 Å². The molecule has 1 saturated heterocycles. The minimum atomic E-state index is -3.97. The third-order valence-corrected chi connectivity index (χ3v) is 10.9. The van der Waals surface area contributed by atoms with Gasteiger partial charge in [-0.05, 0) is 117 Å². The van der Waals surface area contributed by atoms with Crippen molar-refractivity contribution in [3.63, 3.8) is 0 Å². The van der Waals surface area contributed by atoms with Crippen LogP contribution in [0.3, 0.4) is 0 Å². The molecule has 3 unspecified atom stereocenters. The average molecular weight is 603 g/mol. The van der Waals surface area contributed by atoms with Gasteiger partial charge in [0.25, 0.3) is 10.1 Å². The van der Waals surface area contributed by atoms with Crippen molar-refractivity contribution in [3.8, 4) is 5.75 Å². The Hall–Kier alpha value is -3.17. The average Bonchev–Trinajstić information content (AvgIpc) is 3.54. The van der Waals surface area contributed by atoms with E-state index in [0.29, 0.717) is 18.2 Å². The first-order chi connectivity index (χ1) is 20.2. The molecule has 5 aromatic rings. The van der Waals surface area contributed by atoms with Gasteiger partial charge in [-0.2, -0.15) is 8.42 Å². The molecule has 0 amide bonds. The molecule has 1 aliphatic heterocycles. The third kappa shape index (κ3) is 6.13. The second kappa shape index (κ2) is 11.8. The number of aryl methyl sites for hydroxylation is 3. The summed E-state index contributed by atoms with van der Waals surface area (Å²) in [5.41, 5.74) is 5.75. The van der Waals surface area contributed by atoms with Crippen molar-refractivity contribution >= 4 is 42.4 Å². The maximum Gasteiger partial charge on any atom is 0.297 e. The number of H-pyrrole nitrogens is 1. The van der Waals surface area contributed by atoms with Gasteiger partial charge in [0.15, 0.2) is 0 Å². The van der Waals surface area contributed by atoms with Gasteiger partial charge in [0.05, 0.1) is 4.90 Å². The molecular weight excluding hydrogens is 565 g/mol. The van der Waals surface area contributed by atoms with Crippen molar-refractivity contribution < 1.29 is 17.3 Å². The third-order valence-electron chi connectivity index (χ3n) is 8.47. The maximum atomic E-state index is 13.4. The number of fused-ring (bicyclic) bond motifs is 2. The molecule has 0 radical (unpaired) electrons. The molecule has 2 aromatic heterocycles. The minimum absolute atomic E-state index is 0.120. The van der Waals surface area contributed by atoms with Crippen LogP contribution in [0.1, 0.15) is 48.1 Å². The highest BCUT2D eigenvalue weighted by Crippen LogP contribution is 2.36. The molecule has 42 heavy (non-hydrogen) atoms. The number of rotatable bonds is 9. The van der Waals surface area contributed by atoms with Crippen LogP contribution in [0.4, 0.5) is 0 Å². The fourth-order valence-corrected chi connectivity index (χ4v) is 8.09. The molecule has 0 bridgehead atoms. The van der Waals surface area contributed by atoms with Gasteiger partial charge in [0.2, 0.25) is 0 Å². The largest absolute Gasteiger partial charge is 0.490 e. The predicted molar refractivity (Wildman–Crippen MR) is 171 cm³/mol. The quantitative estimate of drug-likeness (QED) is 0.175. The highest BCUT2D eigenvalue weighted by atomic mass is 32.2. The van der Waals surface area contributed by atoms with Crippen molar-refractivity contribution in [1.29, 1.82) is 0 Å². The number of likely N-dealkylation sites (tertiary alicyclic amines) is 1. The van der Waals surface area contributed by atoms with E-state index in [-0.39, 0.29) is 17.5 Å². The van der Waals surface area contributed by atoms with Crippen LogP contribution >= 0.6 is 11.3 Å². The SMILES string of the molecule is Cc1ccc(S(=O)(=O)OC(COc2cccc3[nH]c(C)cc23)CN2CCC(c3ccc4scc(C)c4c3)CC2C)cc1. The second-order valence-corrected chi connectivity index (χ2v) is 14.2. The van der Waals surface area contributed by atoms with Crippen LogP contribution < -0.4 is 4.74 Å². The summed E-state index contributed by atoms with van der Waals surface area (Å²) < 4.78 is 40.2. The van der Waals surface area contributed by atoms with E-state index in [9.17, 15) is 8.42 Å². The Morgan fingerprint density at radius 3 is 2.62 bits per heavy atom. The number of nitrogens with zero attached hydrogens (tertiary/aromatic N) is 1. The van der Waals surface area contributed by atoms with E-state index in [1.807, 2.05) is 38.1 Å². The number of aromatic amines is 1. The monoisotopic (exact) mass is 602 g/mol. The van der Waals surface area contributed by atoms with Crippen LogP contribution in [-0.4, -0.2) is 50.1 Å². The van der Waals surface area contributed by atoms with E-state index >= 15 is 0 Å². The number of aromatic nitrogens is 1. The number of ether oxygens (including phenoxy) is 1. The molecule has 6 rings (SSSR count). The van der Waals surface area contributed by atoms with Gasteiger partial charge in [0, 0.05) is 33.9 Å². The summed E-state index contributed by atoms with van der Waals surface area (Å²) in [5.74, 6) is 1.19. The van der Waals surface area contributed by atoms with Crippen LogP contribution in [0.15, 0.2) is 77.0 Å². The summed E-state index contributed by atoms with van der Waals surface area (Å²) in [6.45, 7) is 9.80. The molecule has 220 valence electrons. The number of hydrogen-bond donors (Lipinski definition) is 1. The van der Waals surface area contributed by atoms with E-state index < -0.39 is 16.2 Å². The lowest BCUT2D eigenvalue weighted by atomic mass is 9.85. The summed E-state index contributed by atoms with van der Waals surface area (Å²) in [7, 11) is -3.97. The molecular formula is C34H38N2O4S2. The highest BCUT2D eigenvalue weighted by Gasteiger charge is 2.31. The lowest BCUT2D eigenvalue weighted by Crippen LogP contribution is -2.46. The molecule has 3 aromatic carbocycles. The van der Waals surface area contributed by atoms with Gasteiger partial charge in [-0.25, -0.2) is 0 Å². The molecule has 3 heterocycles. The molecule has 3 atom stereocenters. The Kier molecular flexibility index (Phi) is 8.16. The predicted octanol–water partition coefficient (Wildman–Crippen LogP) is 7.73. The van der Waals surface area contributed by atoms with E-state index in [2.05, 4.69) is 47.3 Å². The van der Waals surface area contributed by atoms with Crippen LogP contribution in [0, 0.1) is 20.8 Å². The van der Waals surface area contributed by atoms with Gasteiger partial charge in [-0.15, -0.1) is 11.3 Å². The highest BCUT2D eigenvalue weighted by molar-refractivity contribution is 7.86. The Bertz CT molecular complexity index is 1810. The Morgan fingerprint density at radius 1 is 1.02 bits per heavy atom. The van der Waals surface area contributed by atoms with Crippen molar-refractivity contribution in [2.24, 2.45) is 0 Å². The van der Waals surface area contributed by atoms with Gasteiger partial charge < -0.3 is 9.72 Å². The van der Waals surface area contributed by atoms with Crippen LogP contribution in [0.5, 0.6) is 5.75 Å². The standard InChI is InChI=1S/C34H38N2O4S2/c1-22-8-11-29(12-9-22)42(37,38)40-28(20-39-33-7-5-6-32-31(33)16-24(3)35-32)19-36-15-14-27(17-25(36)4)26-10-13-34-30(18-26)23(2)21-41-34/h5-13,16,18,21,25,27-28,35H,14-15,17,19-20H2,1-4H3. The zero-order valence-corrected chi connectivity index (χ0v) is 26.2. The Balaban J connectivity index is 1.19. The summed E-state index contributed by atoms with van der Waals surface area (Å²) >= 11 is 1.80. The molecule has 0 aliphatic carbocycles. The minimum Gasteiger partial charge on any atom is -0.490 e. The van der Waals surface area contributed by atoms with Gasteiger partial charge in [-0.1, -0.05) is 29.8 Å². The topological polar surface area (TPSA) is 71.6 Å². The van der Waals surface area contributed by atoms with Crippen LogP contribution in [-0.2, 0) is 14.3 Å². The summed E-state index contributed by atoms with van der Waals surface area (Å²) in [4.78, 5) is 5.85. The van der Waals surface area contributed by atoms with E-state index in [1.54, 1.807) is 35.6 Å². The summed E-state index contributed by atoms with van der Waals surface area (Å²) in [6.07, 6.45) is 1.35. The first-order valence-electron chi connectivity index (χ1n) is 14.6. The Labute approximate surface area is 252 Å². The normalized spacial score (nSPS) is 19.0. The zero-order valence-electron chi connectivity index (χ0n) is 24.6. The van der Waals surface area contributed by atoms with Crippen molar-refractivity contribution in [2.45, 2.75) is 63.5 Å².